The molecule has 4 rings (SSSR count). The van der Waals surface area contributed by atoms with E-state index in [2.05, 4.69) is 5.32 Å². The SMILES string of the molecule is COc1ccc(N2C(=O)/C(=C/c3cc(C)n(-c4cccc(C(=O)O)c4C)c3C)C(=O)NC2=S)c(OC)c1. The first-order chi connectivity index (χ1) is 17.6. The number of carbonyl (C=O) groups excluding carboxylic acids is 2. The minimum Gasteiger partial charge on any atom is -0.497 e. The molecule has 0 bridgehead atoms. The quantitative estimate of drug-likeness (QED) is 0.288. The molecule has 0 saturated carbocycles. The highest BCUT2D eigenvalue weighted by Gasteiger charge is 2.36. The smallest absolute Gasteiger partial charge is 0.336 e. The van der Waals surface area contributed by atoms with Crippen molar-refractivity contribution < 1.29 is 29.0 Å². The van der Waals surface area contributed by atoms with Crippen molar-refractivity contribution in [2.75, 3.05) is 19.1 Å². The standard InChI is InChI=1S/C27H25N3O6S/c1-14-11-17(16(3)29(14)21-8-6-7-19(15(21)2)26(33)34)12-20-24(31)28-27(37)30(25(20)32)22-10-9-18(35-4)13-23(22)36-5/h6-13H,1-5H3,(H,33,34)(H,28,31,37)/b20-12+. The molecule has 2 N–H and O–H groups in total. The van der Waals surface area contributed by atoms with Gasteiger partial charge in [-0.05, 0) is 80.5 Å². The number of hydrogen-bond donors (Lipinski definition) is 2. The fourth-order valence-corrected chi connectivity index (χ4v) is 4.68. The Labute approximate surface area is 218 Å². The van der Waals surface area contributed by atoms with Gasteiger partial charge in [0.15, 0.2) is 5.11 Å². The van der Waals surface area contributed by atoms with E-state index >= 15 is 0 Å². The van der Waals surface area contributed by atoms with Crippen LogP contribution in [0, 0.1) is 20.8 Å². The maximum absolute atomic E-state index is 13.6. The summed E-state index contributed by atoms with van der Waals surface area (Å²) in [4.78, 5) is 39.3. The summed E-state index contributed by atoms with van der Waals surface area (Å²) in [5.41, 5.74) is 3.92. The number of carbonyl (C=O) groups is 3. The van der Waals surface area contributed by atoms with Gasteiger partial charge in [-0.25, -0.2) is 9.69 Å². The molecular weight excluding hydrogens is 494 g/mol. The molecule has 1 aliphatic rings. The second-order valence-electron chi connectivity index (χ2n) is 8.41. The van der Waals surface area contributed by atoms with Crippen LogP contribution < -0.4 is 19.7 Å². The van der Waals surface area contributed by atoms with Gasteiger partial charge in [0.25, 0.3) is 11.8 Å². The molecule has 37 heavy (non-hydrogen) atoms. The van der Waals surface area contributed by atoms with Crippen LogP contribution in [0.2, 0.25) is 0 Å². The third-order valence-corrected chi connectivity index (χ3v) is 6.56. The molecule has 1 aliphatic heterocycles. The molecule has 0 aliphatic carbocycles. The van der Waals surface area contributed by atoms with Crippen molar-refractivity contribution in [1.29, 1.82) is 0 Å². The summed E-state index contributed by atoms with van der Waals surface area (Å²) < 4.78 is 12.6. The normalized spacial score (nSPS) is 14.7. The number of nitrogens with one attached hydrogen (secondary N) is 1. The number of anilines is 1. The van der Waals surface area contributed by atoms with Crippen molar-refractivity contribution in [3.05, 3.63) is 76.1 Å². The third kappa shape index (κ3) is 4.47. The second-order valence-corrected chi connectivity index (χ2v) is 8.80. The number of aromatic carboxylic acids is 1. The van der Waals surface area contributed by atoms with Gasteiger partial charge in [-0.1, -0.05) is 6.07 Å². The average molecular weight is 520 g/mol. The summed E-state index contributed by atoms with van der Waals surface area (Å²) in [5.74, 6) is -1.36. The van der Waals surface area contributed by atoms with Crippen molar-refractivity contribution >= 4 is 46.9 Å². The van der Waals surface area contributed by atoms with Crippen LogP contribution in [0.4, 0.5) is 5.69 Å². The lowest BCUT2D eigenvalue weighted by Crippen LogP contribution is -2.54. The number of benzene rings is 2. The fourth-order valence-electron chi connectivity index (χ4n) is 4.40. The number of aromatic nitrogens is 1. The first-order valence-electron chi connectivity index (χ1n) is 11.2. The van der Waals surface area contributed by atoms with E-state index in [1.807, 2.05) is 30.5 Å². The van der Waals surface area contributed by atoms with Gasteiger partial charge in [-0.15, -0.1) is 0 Å². The van der Waals surface area contributed by atoms with Gasteiger partial charge < -0.3 is 19.1 Å². The molecule has 2 aromatic carbocycles. The van der Waals surface area contributed by atoms with Crippen LogP contribution in [-0.4, -0.2) is 46.8 Å². The summed E-state index contributed by atoms with van der Waals surface area (Å²) in [6.45, 7) is 5.45. The van der Waals surface area contributed by atoms with E-state index in [4.69, 9.17) is 21.7 Å². The number of rotatable bonds is 6. The topological polar surface area (TPSA) is 110 Å². The maximum atomic E-state index is 13.6. The Bertz CT molecular complexity index is 1500. The molecule has 9 nitrogen and oxygen atoms in total. The summed E-state index contributed by atoms with van der Waals surface area (Å²) in [6.07, 6.45) is 1.51. The van der Waals surface area contributed by atoms with Crippen LogP contribution in [0.15, 0.2) is 48.0 Å². The Morgan fingerprint density at radius 2 is 1.76 bits per heavy atom. The predicted molar refractivity (Wildman–Crippen MR) is 143 cm³/mol. The third-order valence-electron chi connectivity index (χ3n) is 6.28. The molecule has 10 heteroatoms. The van der Waals surface area contributed by atoms with E-state index in [1.165, 1.54) is 25.2 Å². The highest BCUT2D eigenvalue weighted by molar-refractivity contribution is 7.80. The van der Waals surface area contributed by atoms with Crippen LogP contribution >= 0.6 is 12.2 Å². The van der Waals surface area contributed by atoms with E-state index in [9.17, 15) is 19.5 Å². The first kappa shape index (κ1) is 25.6. The molecule has 190 valence electrons. The molecule has 0 atom stereocenters. The average Bonchev–Trinajstić information content (AvgIpc) is 3.14. The highest BCUT2D eigenvalue weighted by Crippen LogP contribution is 2.35. The van der Waals surface area contributed by atoms with E-state index in [-0.39, 0.29) is 16.2 Å². The van der Waals surface area contributed by atoms with Crippen LogP contribution in [0.1, 0.15) is 32.9 Å². The molecule has 0 spiro atoms. The number of carboxylic acids is 1. The number of hydrogen-bond acceptors (Lipinski definition) is 6. The molecule has 2 heterocycles. The van der Waals surface area contributed by atoms with E-state index in [1.54, 1.807) is 37.3 Å². The minimum atomic E-state index is -1.02. The number of nitrogens with zero attached hydrogens (tertiary/aromatic N) is 2. The maximum Gasteiger partial charge on any atom is 0.336 e. The lowest BCUT2D eigenvalue weighted by molar-refractivity contribution is -0.122. The highest BCUT2D eigenvalue weighted by atomic mass is 32.1. The number of carboxylic acid groups (broad SMARTS) is 1. The van der Waals surface area contributed by atoms with Crippen LogP contribution in [0.25, 0.3) is 11.8 Å². The Hall–Kier alpha value is -4.44. The summed E-state index contributed by atoms with van der Waals surface area (Å²) in [6, 6.07) is 11.8. The van der Waals surface area contributed by atoms with E-state index in [0.29, 0.717) is 34.0 Å². The molecule has 0 radical (unpaired) electrons. The summed E-state index contributed by atoms with van der Waals surface area (Å²) >= 11 is 5.32. The summed E-state index contributed by atoms with van der Waals surface area (Å²) in [5, 5.41) is 12.0. The molecule has 3 aromatic rings. The molecule has 1 saturated heterocycles. The van der Waals surface area contributed by atoms with Crippen molar-refractivity contribution in [2.24, 2.45) is 0 Å². The van der Waals surface area contributed by atoms with Gasteiger partial charge >= 0.3 is 5.97 Å². The lowest BCUT2D eigenvalue weighted by Gasteiger charge is -2.30. The van der Waals surface area contributed by atoms with Gasteiger partial charge in [-0.2, -0.15) is 0 Å². The molecular formula is C27H25N3O6S. The number of amides is 2. The molecule has 1 aromatic heterocycles. The van der Waals surface area contributed by atoms with Gasteiger partial charge in [0.2, 0.25) is 0 Å². The molecule has 1 fully saturated rings. The number of aryl methyl sites for hydroxylation is 1. The zero-order chi connectivity index (χ0) is 27.0. The monoisotopic (exact) mass is 519 g/mol. The van der Waals surface area contributed by atoms with Crippen molar-refractivity contribution in [3.8, 4) is 17.2 Å². The van der Waals surface area contributed by atoms with Crippen LogP contribution in [0.3, 0.4) is 0 Å². The van der Waals surface area contributed by atoms with Gasteiger partial charge in [0.05, 0.1) is 25.5 Å². The van der Waals surface area contributed by atoms with Crippen molar-refractivity contribution in [3.63, 3.8) is 0 Å². The zero-order valence-electron chi connectivity index (χ0n) is 20.9. The lowest BCUT2D eigenvalue weighted by atomic mass is 10.1. The predicted octanol–water partition coefficient (Wildman–Crippen LogP) is 3.95. The van der Waals surface area contributed by atoms with E-state index < -0.39 is 17.8 Å². The number of ether oxygens (including phenoxy) is 2. The minimum absolute atomic E-state index is 0.0674. The van der Waals surface area contributed by atoms with Crippen LogP contribution in [-0.2, 0) is 9.59 Å². The van der Waals surface area contributed by atoms with E-state index in [0.717, 1.165) is 11.4 Å². The van der Waals surface area contributed by atoms with Gasteiger partial charge in [-0.3, -0.25) is 14.9 Å². The summed E-state index contributed by atoms with van der Waals surface area (Å²) in [7, 11) is 2.98. The van der Waals surface area contributed by atoms with Gasteiger partial charge in [0.1, 0.15) is 17.1 Å². The van der Waals surface area contributed by atoms with Crippen LogP contribution in [0.5, 0.6) is 11.5 Å². The zero-order valence-corrected chi connectivity index (χ0v) is 21.7. The Balaban J connectivity index is 1.80. The van der Waals surface area contributed by atoms with Crippen molar-refractivity contribution in [2.45, 2.75) is 20.8 Å². The first-order valence-corrected chi connectivity index (χ1v) is 11.7. The fraction of sp³-hybridized carbons (Fsp3) is 0.185. The number of methoxy groups -OCH3 is 2. The van der Waals surface area contributed by atoms with Gasteiger partial charge in [0, 0.05) is 23.1 Å². The Kier molecular flexibility index (Phi) is 6.86. The largest absolute Gasteiger partial charge is 0.497 e. The molecule has 0 unspecified atom stereocenters. The molecule has 2 amide bonds. The van der Waals surface area contributed by atoms with Crippen molar-refractivity contribution in [1.82, 2.24) is 9.88 Å². The Morgan fingerprint density at radius 3 is 2.41 bits per heavy atom. The number of thiocarbonyl (C=S) groups is 1. The second kappa shape index (κ2) is 9.90. The Morgan fingerprint density at radius 1 is 1.03 bits per heavy atom.